The molecule has 0 radical (unpaired) electrons. The highest BCUT2D eigenvalue weighted by Crippen LogP contribution is 2.30. The third kappa shape index (κ3) is 4.20. The molecule has 19 heavy (non-hydrogen) atoms. The topological polar surface area (TPSA) is 55.1 Å². The van der Waals surface area contributed by atoms with E-state index in [1.165, 1.54) is 25.7 Å². The van der Waals surface area contributed by atoms with Crippen LogP contribution in [0.4, 0.5) is 0 Å². The highest BCUT2D eigenvalue weighted by molar-refractivity contribution is 5.78. The van der Waals surface area contributed by atoms with Crippen LogP contribution in [0.2, 0.25) is 0 Å². The molecule has 0 aromatic carbocycles. The molecule has 0 aromatic heterocycles. The molecule has 0 heterocycles. The van der Waals surface area contributed by atoms with Crippen molar-refractivity contribution >= 4 is 5.91 Å². The molecule has 3 nitrogen and oxygen atoms in total. The summed E-state index contributed by atoms with van der Waals surface area (Å²) in [7, 11) is 0. The summed E-state index contributed by atoms with van der Waals surface area (Å²) in [6.45, 7) is 5.41. The average Bonchev–Trinajstić information content (AvgIpc) is 2.36. The number of nitrogens with two attached hydrogens (primary N) is 1. The van der Waals surface area contributed by atoms with Gasteiger partial charge in [0.05, 0.1) is 0 Å². The Hall–Kier alpha value is -0.570. The van der Waals surface area contributed by atoms with Gasteiger partial charge in [0.15, 0.2) is 0 Å². The van der Waals surface area contributed by atoms with E-state index in [-0.39, 0.29) is 17.9 Å². The molecule has 0 spiro atoms. The monoisotopic (exact) mass is 266 g/mol. The van der Waals surface area contributed by atoms with Crippen LogP contribution in [0.3, 0.4) is 0 Å². The molecule has 0 bridgehead atoms. The molecule has 110 valence electrons. The van der Waals surface area contributed by atoms with E-state index in [1.807, 2.05) is 0 Å². The lowest BCUT2D eigenvalue weighted by atomic mass is 9.78. The van der Waals surface area contributed by atoms with Gasteiger partial charge in [0.1, 0.15) is 0 Å². The van der Waals surface area contributed by atoms with Gasteiger partial charge < -0.3 is 11.1 Å². The molecule has 2 saturated carbocycles. The Kier molecular flexibility index (Phi) is 5.26. The highest BCUT2D eigenvalue weighted by Gasteiger charge is 2.30. The third-order valence-electron chi connectivity index (χ3n) is 5.18. The van der Waals surface area contributed by atoms with Crippen LogP contribution in [-0.2, 0) is 4.79 Å². The number of carbonyl (C=O) groups is 1. The van der Waals surface area contributed by atoms with Crippen LogP contribution in [0, 0.1) is 23.7 Å². The van der Waals surface area contributed by atoms with Crippen LogP contribution >= 0.6 is 0 Å². The summed E-state index contributed by atoms with van der Waals surface area (Å²) in [4.78, 5) is 12.3. The fourth-order valence-electron chi connectivity index (χ4n) is 3.94. The van der Waals surface area contributed by atoms with E-state index in [4.69, 9.17) is 5.73 Å². The lowest BCUT2D eigenvalue weighted by Crippen LogP contribution is -2.42. The van der Waals surface area contributed by atoms with Crippen molar-refractivity contribution in [3.63, 3.8) is 0 Å². The van der Waals surface area contributed by atoms with Gasteiger partial charge in [-0.15, -0.1) is 0 Å². The van der Waals surface area contributed by atoms with Crippen molar-refractivity contribution in [3.05, 3.63) is 0 Å². The fraction of sp³-hybridized carbons (Fsp3) is 0.938. The Morgan fingerprint density at radius 2 is 1.89 bits per heavy atom. The van der Waals surface area contributed by atoms with Gasteiger partial charge in [-0.05, 0) is 43.4 Å². The Balaban J connectivity index is 1.77. The first-order valence-corrected chi connectivity index (χ1v) is 8.09. The number of hydrogen-bond donors (Lipinski definition) is 2. The first-order valence-electron chi connectivity index (χ1n) is 8.09. The second-order valence-electron chi connectivity index (χ2n) is 7.04. The summed E-state index contributed by atoms with van der Waals surface area (Å²) < 4.78 is 0. The molecule has 2 fully saturated rings. The Labute approximate surface area is 117 Å². The largest absolute Gasteiger partial charge is 0.356 e. The SMILES string of the molecule is CC1CC(N)CC(C(=O)NCC2CCCCC2C)C1. The minimum Gasteiger partial charge on any atom is -0.356 e. The molecule has 0 aliphatic heterocycles. The molecule has 0 saturated heterocycles. The first kappa shape index (κ1) is 14.8. The van der Waals surface area contributed by atoms with E-state index in [2.05, 4.69) is 19.2 Å². The summed E-state index contributed by atoms with van der Waals surface area (Å²) >= 11 is 0. The van der Waals surface area contributed by atoms with Crippen molar-refractivity contribution in [2.45, 2.75) is 64.8 Å². The van der Waals surface area contributed by atoms with Crippen LogP contribution in [0.15, 0.2) is 0 Å². The molecule has 2 aliphatic carbocycles. The van der Waals surface area contributed by atoms with Crippen LogP contribution in [0.1, 0.15) is 58.8 Å². The summed E-state index contributed by atoms with van der Waals surface area (Å²) in [6, 6.07) is 0.216. The summed E-state index contributed by atoms with van der Waals surface area (Å²) in [6.07, 6.45) is 8.25. The van der Waals surface area contributed by atoms with Gasteiger partial charge in [0.25, 0.3) is 0 Å². The Morgan fingerprint density at radius 1 is 1.16 bits per heavy atom. The number of amides is 1. The fourth-order valence-corrected chi connectivity index (χ4v) is 3.94. The van der Waals surface area contributed by atoms with Gasteiger partial charge in [0.2, 0.25) is 5.91 Å². The third-order valence-corrected chi connectivity index (χ3v) is 5.18. The molecule has 3 heteroatoms. The number of nitrogens with one attached hydrogen (secondary N) is 1. The van der Waals surface area contributed by atoms with Crippen LogP contribution in [-0.4, -0.2) is 18.5 Å². The molecular formula is C16H30N2O. The normalized spacial score (nSPS) is 39.8. The van der Waals surface area contributed by atoms with Gasteiger partial charge in [-0.1, -0.05) is 33.1 Å². The van der Waals surface area contributed by atoms with E-state index in [9.17, 15) is 4.79 Å². The standard InChI is InChI=1S/C16H30N2O/c1-11-7-14(9-15(17)8-11)16(19)18-10-13-6-4-3-5-12(13)2/h11-15H,3-10,17H2,1-2H3,(H,18,19). The second-order valence-corrected chi connectivity index (χ2v) is 7.04. The molecular weight excluding hydrogens is 236 g/mol. The van der Waals surface area contributed by atoms with Crippen molar-refractivity contribution in [2.75, 3.05) is 6.54 Å². The first-order chi connectivity index (χ1) is 9.06. The molecule has 1 amide bonds. The summed E-state index contributed by atoms with van der Waals surface area (Å²) in [5, 5.41) is 3.20. The number of rotatable bonds is 3. The quantitative estimate of drug-likeness (QED) is 0.825. The van der Waals surface area contributed by atoms with Crippen LogP contribution in [0.25, 0.3) is 0 Å². The summed E-state index contributed by atoms with van der Waals surface area (Å²) in [5.74, 6) is 2.44. The molecule has 3 N–H and O–H groups in total. The molecule has 5 atom stereocenters. The van der Waals surface area contributed by atoms with E-state index >= 15 is 0 Å². The smallest absolute Gasteiger partial charge is 0.223 e. The molecule has 2 rings (SSSR count). The van der Waals surface area contributed by atoms with Gasteiger partial charge in [0, 0.05) is 18.5 Å². The molecule has 5 unspecified atom stereocenters. The van der Waals surface area contributed by atoms with Crippen molar-refractivity contribution in [3.8, 4) is 0 Å². The highest BCUT2D eigenvalue weighted by atomic mass is 16.1. The average molecular weight is 266 g/mol. The van der Waals surface area contributed by atoms with E-state index in [1.54, 1.807) is 0 Å². The minimum absolute atomic E-state index is 0.151. The lowest BCUT2D eigenvalue weighted by molar-refractivity contribution is -0.126. The number of hydrogen-bond acceptors (Lipinski definition) is 2. The zero-order chi connectivity index (χ0) is 13.8. The second kappa shape index (κ2) is 6.74. The molecule has 2 aliphatic rings. The zero-order valence-electron chi connectivity index (χ0n) is 12.5. The van der Waals surface area contributed by atoms with Crippen molar-refractivity contribution < 1.29 is 4.79 Å². The zero-order valence-corrected chi connectivity index (χ0v) is 12.5. The Bertz CT molecular complexity index is 295. The van der Waals surface area contributed by atoms with Gasteiger partial charge >= 0.3 is 0 Å². The lowest BCUT2D eigenvalue weighted by Gasteiger charge is -2.32. The van der Waals surface area contributed by atoms with Crippen molar-refractivity contribution in [2.24, 2.45) is 29.4 Å². The van der Waals surface area contributed by atoms with E-state index in [0.717, 1.165) is 31.7 Å². The predicted molar refractivity (Wildman–Crippen MR) is 78.6 cm³/mol. The van der Waals surface area contributed by atoms with Gasteiger partial charge in [-0.2, -0.15) is 0 Å². The van der Waals surface area contributed by atoms with Crippen LogP contribution < -0.4 is 11.1 Å². The summed E-state index contributed by atoms with van der Waals surface area (Å²) in [5.41, 5.74) is 6.03. The molecule has 0 aromatic rings. The van der Waals surface area contributed by atoms with Gasteiger partial charge in [-0.25, -0.2) is 0 Å². The van der Waals surface area contributed by atoms with E-state index in [0.29, 0.717) is 11.8 Å². The maximum atomic E-state index is 12.3. The van der Waals surface area contributed by atoms with Gasteiger partial charge in [-0.3, -0.25) is 4.79 Å². The van der Waals surface area contributed by atoms with Crippen molar-refractivity contribution in [1.29, 1.82) is 0 Å². The van der Waals surface area contributed by atoms with Crippen molar-refractivity contribution in [1.82, 2.24) is 5.32 Å². The predicted octanol–water partition coefficient (Wildman–Crippen LogP) is 2.69. The minimum atomic E-state index is 0.151. The van der Waals surface area contributed by atoms with Crippen LogP contribution in [0.5, 0.6) is 0 Å². The number of carbonyl (C=O) groups excluding carboxylic acids is 1. The maximum absolute atomic E-state index is 12.3. The maximum Gasteiger partial charge on any atom is 0.223 e. The van der Waals surface area contributed by atoms with E-state index < -0.39 is 0 Å². The Morgan fingerprint density at radius 3 is 2.58 bits per heavy atom.